The lowest BCUT2D eigenvalue weighted by atomic mass is 9.63. The van der Waals surface area contributed by atoms with E-state index in [0.717, 1.165) is 18.4 Å². The molecule has 36 heavy (non-hydrogen) atoms. The number of nitrogens with one attached hydrogen (secondary N) is 3. The number of aliphatic hydroxyl groups excluding tert-OH is 1. The zero-order valence-electron chi connectivity index (χ0n) is 22.7. The van der Waals surface area contributed by atoms with Gasteiger partial charge >= 0.3 is 6.09 Å². The van der Waals surface area contributed by atoms with Gasteiger partial charge in [0.05, 0.1) is 6.10 Å². The Balaban J connectivity index is 1.94. The summed E-state index contributed by atoms with van der Waals surface area (Å²) in [5.74, 6) is -0.534. The van der Waals surface area contributed by atoms with Gasteiger partial charge in [0.15, 0.2) is 0 Å². The highest BCUT2D eigenvalue weighted by atomic mass is 16.5. The quantitative estimate of drug-likeness (QED) is 0.365. The predicted octanol–water partition coefficient (Wildman–Crippen LogP) is 3.92. The molecule has 1 aliphatic carbocycles. The first-order chi connectivity index (χ1) is 16.8. The van der Waals surface area contributed by atoms with Crippen LogP contribution in [0.15, 0.2) is 30.3 Å². The van der Waals surface area contributed by atoms with E-state index < -0.39 is 24.1 Å². The van der Waals surface area contributed by atoms with E-state index in [1.165, 1.54) is 0 Å². The zero-order valence-corrected chi connectivity index (χ0v) is 22.7. The fraction of sp³-hybridized carbons (Fsp3) is 0.679. The van der Waals surface area contributed by atoms with E-state index in [-0.39, 0.29) is 35.4 Å². The van der Waals surface area contributed by atoms with Gasteiger partial charge in [-0.2, -0.15) is 0 Å². The van der Waals surface area contributed by atoms with Crippen LogP contribution in [0.5, 0.6) is 0 Å². The molecule has 1 aromatic carbocycles. The number of amides is 3. The molecule has 202 valence electrons. The van der Waals surface area contributed by atoms with Gasteiger partial charge in [-0.1, -0.05) is 71.9 Å². The maximum Gasteiger partial charge on any atom is 0.408 e. The number of ether oxygens (including phenoxy) is 1. The standard InChI is InChI=1S/C28H45N3O5/c1-7-22(24(33)29-18-28(6)15-21(32)14-27(4,5)17-28)30-25(34)23(13-19(2)3)31-26(35)36-16-20-11-9-8-10-12-20/h8-12,19,21-23,32H,7,13-18H2,1-6H3,(H,29,33)(H,30,34)(H,31,35)/t21?,22-,23-,28?/m0/s1. The lowest BCUT2D eigenvalue weighted by molar-refractivity contribution is -0.130. The molecule has 4 atom stereocenters. The minimum Gasteiger partial charge on any atom is -0.445 e. The van der Waals surface area contributed by atoms with Crippen LogP contribution in [-0.4, -0.2) is 47.7 Å². The van der Waals surface area contributed by atoms with Crippen molar-refractivity contribution in [2.45, 2.75) is 98.4 Å². The maximum absolute atomic E-state index is 13.1. The van der Waals surface area contributed by atoms with E-state index in [4.69, 9.17) is 4.74 Å². The van der Waals surface area contributed by atoms with Gasteiger partial charge in [-0.25, -0.2) is 4.79 Å². The van der Waals surface area contributed by atoms with Crippen molar-refractivity contribution in [2.24, 2.45) is 16.7 Å². The molecule has 0 bridgehead atoms. The molecule has 1 aliphatic rings. The second kappa shape index (κ2) is 13.1. The number of carbonyl (C=O) groups excluding carboxylic acids is 3. The minimum absolute atomic E-state index is 0.000371. The van der Waals surface area contributed by atoms with Crippen molar-refractivity contribution in [2.75, 3.05) is 6.54 Å². The monoisotopic (exact) mass is 503 g/mol. The molecular formula is C28H45N3O5. The number of benzene rings is 1. The normalized spacial score (nSPS) is 22.8. The van der Waals surface area contributed by atoms with Crippen LogP contribution in [0, 0.1) is 16.7 Å². The molecule has 0 heterocycles. The van der Waals surface area contributed by atoms with Gasteiger partial charge < -0.3 is 25.8 Å². The maximum atomic E-state index is 13.1. The molecule has 0 aliphatic heterocycles. The summed E-state index contributed by atoms with van der Waals surface area (Å²) in [5, 5.41) is 18.8. The molecule has 0 aromatic heterocycles. The second-order valence-electron chi connectivity index (χ2n) is 11.8. The van der Waals surface area contributed by atoms with E-state index in [1.807, 2.05) is 51.1 Å². The highest BCUT2D eigenvalue weighted by Gasteiger charge is 2.41. The average molecular weight is 504 g/mol. The Morgan fingerprint density at radius 2 is 1.69 bits per heavy atom. The molecule has 8 heteroatoms. The van der Waals surface area contributed by atoms with Gasteiger partial charge in [-0.05, 0) is 54.4 Å². The van der Waals surface area contributed by atoms with E-state index >= 15 is 0 Å². The average Bonchev–Trinajstić information content (AvgIpc) is 2.78. The number of rotatable bonds is 11. The number of carbonyl (C=O) groups is 3. The number of hydrogen-bond donors (Lipinski definition) is 4. The van der Waals surface area contributed by atoms with Crippen molar-refractivity contribution in [1.29, 1.82) is 0 Å². The Bertz CT molecular complexity index is 873. The Morgan fingerprint density at radius 3 is 2.28 bits per heavy atom. The summed E-state index contributed by atoms with van der Waals surface area (Å²) >= 11 is 0. The van der Waals surface area contributed by atoms with Crippen molar-refractivity contribution in [1.82, 2.24) is 16.0 Å². The minimum atomic E-state index is -0.818. The van der Waals surface area contributed by atoms with Gasteiger partial charge in [0.25, 0.3) is 0 Å². The van der Waals surface area contributed by atoms with Gasteiger partial charge in [-0.3, -0.25) is 9.59 Å². The number of hydrogen-bond acceptors (Lipinski definition) is 5. The molecule has 4 N–H and O–H groups in total. The molecule has 3 amide bonds. The summed E-state index contributed by atoms with van der Waals surface area (Å²) in [5.41, 5.74) is 0.631. The number of aliphatic hydroxyl groups is 1. The van der Waals surface area contributed by atoms with Crippen LogP contribution in [0.3, 0.4) is 0 Å². The molecule has 8 nitrogen and oxygen atoms in total. The zero-order chi connectivity index (χ0) is 26.9. The largest absolute Gasteiger partial charge is 0.445 e. The van der Waals surface area contributed by atoms with Crippen LogP contribution in [0.4, 0.5) is 4.79 Å². The molecule has 0 radical (unpaired) electrons. The molecule has 2 unspecified atom stereocenters. The Hall–Kier alpha value is -2.61. The Kier molecular flexibility index (Phi) is 10.8. The molecule has 2 rings (SSSR count). The van der Waals surface area contributed by atoms with Crippen molar-refractivity contribution in [3.05, 3.63) is 35.9 Å². The summed E-state index contributed by atoms with van der Waals surface area (Å²) in [6.07, 6.45) is 2.04. The molecular weight excluding hydrogens is 458 g/mol. The lowest BCUT2D eigenvalue weighted by Gasteiger charge is -2.45. The van der Waals surface area contributed by atoms with E-state index in [1.54, 1.807) is 0 Å². The second-order valence-corrected chi connectivity index (χ2v) is 11.8. The Morgan fingerprint density at radius 1 is 1.03 bits per heavy atom. The first kappa shape index (κ1) is 29.6. The smallest absolute Gasteiger partial charge is 0.408 e. The van der Waals surface area contributed by atoms with Crippen molar-refractivity contribution in [3.63, 3.8) is 0 Å². The molecule has 0 saturated heterocycles. The fourth-order valence-electron chi connectivity index (χ4n) is 5.37. The summed E-state index contributed by atoms with van der Waals surface area (Å²) in [4.78, 5) is 38.4. The van der Waals surface area contributed by atoms with Crippen molar-refractivity contribution < 1.29 is 24.2 Å². The van der Waals surface area contributed by atoms with Crippen LogP contribution in [0.1, 0.15) is 79.2 Å². The SMILES string of the molecule is CC[C@H](NC(=O)[C@H](CC(C)C)NC(=O)OCc1ccccc1)C(=O)NCC1(C)CC(O)CC(C)(C)C1. The number of alkyl carbamates (subject to hydrolysis) is 1. The third-order valence-corrected chi connectivity index (χ3v) is 6.68. The molecule has 1 aromatic rings. The summed E-state index contributed by atoms with van der Waals surface area (Å²) in [6, 6.07) is 7.77. The Labute approximate surface area is 215 Å². The predicted molar refractivity (Wildman–Crippen MR) is 140 cm³/mol. The summed E-state index contributed by atoms with van der Waals surface area (Å²) < 4.78 is 5.28. The first-order valence-electron chi connectivity index (χ1n) is 13.1. The van der Waals surface area contributed by atoms with Gasteiger partial charge in [0.2, 0.25) is 11.8 Å². The van der Waals surface area contributed by atoms with Crippen molar-refractivity contribution >= 4 is 17.9 Å². The van der Waals surface area contributed by atoms with Gasteiger partial charge in [0.1, 0.15) is 18.7 Å². The van der Waals surface area contributed by atoms with Crippen molar-refractivity contribution in [3.8, 4) is 0 Å². The molecule has 1 saturated carbocycles. The third-order valence-electron chi connectivity index (χ3n) is 6.68. The van der Waals surface area contributed by atoms with E-state index in [9.17, 15) is 19.5 Å². The van der Waals surface area contributed by atoms with Crippen LogP contribution < -0.4 is 16.0 Å². The molecule has 1 fully saturated rings. The van der Waals surface area contributed by atoms with Crippen LogP contribution in [-0.2, 0) is 20.9 Å². The fourth-order valence-corrected chi connectivity index (χ4v) is 5.37. The molecule has 0 spiro atoms. The van der Waals surface area contributed by atoms with E-state index in [2.05, 4.69) is 36.7 Å². The highest BCUT2D eigenvalue weighted by Crippen LogP contribution is 2.45. The van der Waals surface area contributed by atoms with Crippen LogP contribution in [0.2, 0.25) is 0 Å². The topological polar surface area (TPSA) is 117 Å². The lowest BCUT2D eigenvalue weighted by Crippen LogP contribution is -2.55. The summed E-state index contributed by atoms with van der Waals surface area (Å²) in [6.45, 7) is 12.6. The van der Waals surface area contributed by atoms with Gasteiger partial charge in [0, 0.05) is 6.54 Å². The highest BCUT2D eigenvalue weighted by molar-refractivity contribution is 5.91. The van der Waals surface area contributed by atoms with E-state index in [0.29, 0.717) is 25.8 Å². The third kappa shape index (κ3) is 9.80. The van der Waals surface area contributed by atoms with Crippen LogP contribution in [0.25, 0.3) is 0 Å². The summed E-state index contributed by atoms with van der Waals surface area (Å²) in [7, 11) is 0. The van der Waals surface area contributed by atoms with Crippen LogP contribution >= 0.6 is 0 Å². The first-order valence-corrected chi connectivity index (χ1v) is 13.1. The van der Waals surface area contributed by atoms with Gasteiger partial charge in [-0.15, -0.1) is 0 Å².